The lowest BCUT2D eigenvalue weighted by Crippen LogP contribution is -2.00. The molecule has 3 nitrogen and oxygen atoms in total. The van der Waals surface area contributed by atoms with Crippen LogP contribution in [0, 0.1) is 26.2 Å². The average molecular weight is 359 g/mol. The first kappa shape index (κ1) is 13.4. The largest absolute Gasteiger partial charge is 0.381 e. The van der Waals surface area contributed by atoms with Gasteiger partial charge in [0.15, 0.2) is 0 Å². The first-order chi connectivity index (χ1) is 9.22. The number of rotatable bonds is 3. The van der Waals surface area contributed by atoms with Crippen molar-refractivity contribution in [3.05, 3.63) is 62.7 Å². The van der Waals surface area contributed by atoms with Gasteiger partial charge in [0, 0.05) is 15.8 Å². The van der Waals surface area contributed by atoms with Crippen LogP contribution >= 0.6 is 22.6 Å². The molecule has 0 atom stereocenters. The number of nitrogens with zero attached hydrogens (tertiary/aromatic N) is 2. The highest BCUT2D eigenvalue weighted by Crippen LogP contribution is 2.16. The lowest BCUT2D eigenvalue weighted by molar-refractivity contribution is 1.15. The standard InChI is InChI=1S/C15H10IN3/c16-14-4-1-11(2-5-14)10-19-15-6-3-12(8-17)13(7-15)9-18/h1-7,19H,10H2. The molecule has 2 rings (SSSR count). The maximum atomic E-state index is 8.96. The highest BCUT2D eigenvalue weighted by molar-refractivity contribution is 14.1. The van der Waals surface area contributed by atoms with Crippen LogP contribution in [0.5, 0.6) is 0 Å². The monoisotopic (exact) mass is 359 g/mol. The Morgan fingerprint density at radius 3 is 2.26 bits per heavy atom. The zero-order valence-electron chi connectivity index (χ0n) is 10.0. The van der Waals surface area contributed by atoms with Gasteiger partial charge in [-0.3, -0.25) is 0 Å². The summed E-state index contributed by atoms with van der Waals surface area (Å²) >= 11 is 2.27. The molecule has 19 heavy (non-hydrogen) atoms. The molecule has 0 saturated carbocycles. The number of benzene rings is 2. The van der Waals surface area contributed by atoms with Gasteiger partial charge in [0.1, 0.15) is 12.1 Å². The number of anilines is 1. The minimum Gasteiger partial charge on any atom is -0.381 e. The van der Waals surface area contributed by atoms with Crippen LogP contribution in [0.3, 0.4) is 0 Å². The fourth-order valence-corrected chi connectivity index (χ4v) is 2.01. The van der Waals surface area contributed by atoms with Crippen LogP contribution in [-0.2, 0) is 6.54 Å². The molecule has 0 amide bonds. The van der Waals surface area contributed by atoms with Gasteiger partial charge in [0.25, 0.3) is 0 Å². The quantitative estimate of drug-likeness (QED) is 0.852. The third kappa shape index (κ3) is 3.46. The van der Waals surface area contributed by atoms with Crippen LogP contribution in [-0.4, -0.2) is 0 Å². The fourth-order valence-electron chi connectivity index (χ4n) is 1.65. The van der Waals surface area contributed by atoms with E-state index in [0.717, 1.165) is 5.69 Å². The van der Waals surface area contributed by atoms with E-state index in [9.17, 15) is 0 Å². The summed E-state index contributed by atoms with van der Waals surface area (Å²) in [7, 11) is 0. The summed E-state index contributed by atoms with van der Waals surface area (Å²) in [5, 5.41) is 21.1. The Kier molecular flexibility index (Phi) is 4.38. The molecule has 0 spiro atoms. The van der Waals surface area contributed by atoms with E-state index in [-0.39, 0.29) is 0 Å². The van der Waals surface area contributed by atoms with E-state index in [4.69, 9.17) is 10.5 Å². The molecule has 0 radical (unpaired) electrons. The second-order valence-corrected chi connectivity index (χ2v) is 5.21. The maximum Gasteiger partial charge on any atom is 0.101 e. The third-order valence-electron chi connectivity index (χ3n) is 2.67. The van der Waals surface area contributed by atoms with Gasteiger partial charge in [-0.15, -0.1) is 0 Å². The molecule has 0 aliphatic carbocycles. The number of hydrogen-bond acceptors (Lipinski definition) is 3. The molecule has 1 N–H and O–H groups in total. The Balaban J connectivity index is 2.10. The molecular weight excluding hydrogens is 349 g/mol. The molecule has 0 aliphatic rings. The predicted octanol–water partition coefficient (Wildman–Crippen LogP) is 3.65. The van der Waals surface area contributed by atoms with Crippen molar-refractivity contribution in [1.82, 2.24) is 0 Å². The van der Waals surface area contributed by atoms with Crippen molar-refractivity contribution >= 4 is 28.3 Å². The minimum absolute atomic E-state index is 0.398. The van der Waals surface area contributed by atoms with Gasteiger partial charge in [-0.2, -0.15) is 10.5 Å². The number of nitrogens with one attached hydrogen (secondary N) is 1. The molecule has 0 fully saturated rings. The van der Waals surface area contributed by atoms with Gasteiger partial charge in [-0.1, -0.05) is 12.1 Å². The van der Waals surface area contributed by atoms with Crippen molar-refractivity contribution < 1.29 is 0 Å². The molecule has 0 aromatic heterocycles. The Morgan fingerprint density at radius 1 is 0.947 bits per heavy atom. The number of hydrogen-bond donors (Lipinski definition) is 1. The summed E-state index contributed by atoms with van der Waals surface area (Å²) in [5.74, 6) is 0. The molecule has 2 aromatic rings. The van der Waals surface area contributed by atoms with Crippen molar-refractivity contribution in [2.45, 2.75) is 6.54 Å². The van der Waals surface area contributed by atoms with Gasteiger partial charge in [-0.05, 0) is 58.5 Å². The summed E-state index contributed by atoms with van der Waals surface area (Å²) in [5.41, 5.74) is 2.81. The molecule has 92 valence electrons. The summed E-state index contributed by atoms with van der Waals surface area (Å²) in [6.07, 6.45) is 0. The normalized spacial score (nSPS) is 9.42. The fraction of sp³-hybridized carbons (Fsp3) is 0.0667. The molecule has 0 saturated heterocycles. The molecule has 2 aromatic carbocycles. The molecular formula is C15H10IN3. The van der Waals surface area contributed by atoms with E-state index < -0.39 is 0 Å². The lowest BCUT2D eigenvalue weighted by Gasteiger charge is -2.07. The van der Waals surface area contributed by atoms with E-state index in [1.165, 1.54) is 9.13 Å². The Labute approximate surface area is 125 Å². The van der Waals surface area contributed by atoms with Crippen LogP contribution in [0.1, 0.15) is 16.7 Å². The van der Waals surface area contributed by atoms with E-state index in [0.29, 0.717) is 17.7 Å². The third-order valence-corrected chi connectivity index (χ3v) is 3.39. The van der Waals surface area contributed by atoms with Gasteiger partial charge < -0.3 is 5.32 Å². The lowest BCUT2D eigenvalue weighted by atomic mass is 10.1. The van der Waals surface area contributed by atoms with Gasteiger partial charge >= 0.3 is 0 Å². The first-order valence-corrected chi connectivity index (χ1v) is 6.73. The van der Waals surface area contributed by atoms with Crippen LogP contribution in [0.15, 0.2) is 42.5 Å². The predicted molar refractivity (Wildman–Crippen MR) is 82.4 cm³/mol. The molecule has 4 heteroatoms. The van der Waals surface area contributed by atoms with Gasteiger partial charge in [0.2, 0.25) is 0 Å². The maximum absolute atomic E-state index is 8.96. The van der Waals surface area contributed by atoms with Crippen molar-refractivity contribution in [1.29, 1.82) is 10.5 Å². The highest BCUT2D eigenvalue weighted by Gasteiger charge is 2.02. The number of halogens is 1. The molecule has 0 bridgehead atoms. The van der Waals surface area contributed by atoms with Crippen molar-refractivity contribution in [2.24, 2.45) is 0 Å². The van der Waals surface area contributed by atoms with E-state index >= 15 is 0 Å². The summed E-state index contributed by atoms with van der Waals surface area (Å²) in [6, 6.07) is 17.4. The minimum atomic E-state index is 0.398. The van der Waals surface area contributed by atoms with E-state index in [1.54, 1.807) is 12.1 Å². The summed E-state index contributed by atoms with van der Waals surface area (Å²) in [6.45, 7) is 0.688. The van der Waals surface area contributed by atoms with Crippen LogP contribution < -0.4 is 5.32 Å². The smallest absolute Gasteiger partial charge is 0.101 e. The van der Waals surface area contributed by atoms with Crippen LogP contribution in [0.2, 0.25) is 0 Å². The highest BCUT2D eigenvalue weighted by atomic mass is 127. The molecule has 0 unspecified atom stereocenters. The van der Waals surface area contributed by atoms with Crippen LogP contribution in [0.4, 0.5) is 5.69 Å². The number of nitriles is 2. The van der Waals surface area contributed by atoms with Crippen molar-refractivity contribution in [3.8, 4) is 12.1 Å². The topological polar surface area (TPSA) is 59.6 Å². The molecule has 0 aliphatic heterocycles. The second-order valence-electron chi connectivity index (χ2n) is 3.96. The van der Waals surface area contributed by atoms with E-state index in [1.807, 2.05) is 18.2 Å². The van der Waals surface area contributed by atoms with Gasteiger partial charge in [-0.25, -0.2) is 0 Å². The molecule has 0 heterocycles. The first-order valence-electron chi connectivity index (χ1n) is 5.65. The zero-order valence-corrected chi connectivity index (χ0v) is 12.2. The Morgan fingerprint density at radius 2 is 1.63 bits per heavy atom. The van der Waals surface area contributed by atoms with Crippen molar-refractivity contribution in [2.75, 3.05) is 5.32 Å². The summed E-state index contributed by atoms with van der Waals surface area (Å²) in [4.78, 5) is 0. The van der Waals surface area contributed by atoms with Gasteiger partial charge in [0.05, 0.1) is 11.1 Å². The van der Waals surface area contributed by atoms with E-state index in [2.05, 4.69) is 52.2 Å². The Hall–Kier alpha value is -2.05. The van der Waals surface area contributed by atoms with Crippen LogP contribution in [0.25, 0.3) is 0 Å². The average Bonchev–Trinajstić information content (AvgIpc) is 2.46. The second kappa shape index (κ2) is 6.21. The van der Waals surface area contributed by atoms with Crippen molar-refractivity contribution in [3.63, 3.8) is 0 Å². The Bertz CT molecular complexity index is 663. The SMILES string of the molecule is N#Cc1ccc(NCc2ccc(I)cc2)cc1C#N. The summed E-state index contributed by atoms with van der Waals surface area (Å²) < 4.78 is 1.20. The zero-order chi connectivity index (χ0) is 13.7.